The normalized spacial score (nSPS) is 32.4. The Labute approximate surface area is 114 Å². The average molecular weight is 265 g/mol. The van der Waals surface area contributed by atoms with Crippen molar-refractivity contribution in [3.05, 3.63) is 11.7 Å². The first-order valence-corrected chi connectivity index (χ1v) is 7.42. The molecule has 19 heavy (non-hydrogen) atoms. The lowest BCUT2D eigenvalue weighted by molar-refractivity contribution is 0.0153. The van der Waals surface area contributed by atoms with Gasteiger partial charge >= 0.3 is 0 Å². The Hall–Kier alpha value is -0.940. The SMILES string of the molecule is CC1(c2nc(CC3CCCCO3)no2)CCCNC1. The van der Waals surface area contributed by atoms with Crippen molar-refractivity contribution in [3.63, 3.8) is 0 Å². The topological polar surface area (TPSA) is 60.2 Å². The molecule has 0 spiro atoms. The van der Waals surface area contributed by atoms with Gasteiger partial charge in [-0.15, -0.1) is 0 Å². The predicted molar refractivity (Wildman–Crippen MR) is 71.0 cm³/mol. The van der Waals surface area contributed by atoms with Crippen molar-refractivity contribution in [2.24, 2.45) is 0 Å². The molecule has 0 amide bonds. The van der Waals surface area contributed by atoms with Crippen molar-refractivity contribution in [1.29, 1.82) is 0 Å². The molecule has 2 fully saturated rings. The second kappa shape index (κ2) is 5.59. The van der Waals surface area contributed by atoms with Gasteiger partial charge in [0.05, 0.1) is 11.5 Å². The Morgan fingerprint density at radius 2 is 2.32 bits per heavy atom. The summed E-state index contributed by atoms with van der Waals surface area (Å²) < 4.78 is 11.2. The molecule has 0 saturated carbocycles. The van der Waals surface area contributed by atoms with Crippen LogP contribution in [0.25, 0.3) is 0 Å². The maximum Gasteiger partial charge on any atom is 0.233 e. The number of nitrogens with one attached hydrogen (secondary N) is 1. The van der Waals surface area contributed by atoms with E-state index in [0.29, 0.717) is 0 Å². The van der Waals surface area contributed by atoms with E-state index in [1.165, 1.54) is 19.3 Å². The molecule has 2 aliphatic rings. The highest BCUT2D eigenvalue weighted by atomic mass is 16.5. The standard InChI is InChI=1S/C14H23N3O2/c1-14(6-4-7-15-10-14)13-16-12(17-19-13)9-11-5-2-3-8-18-11/h11,15H,2-10H2,1H3. The molecule has 3 heterocycles. The van der Waals surface area contributed by atoms with Crippen LogP contribution in [0.15, 0.2) is 4.52 Å². The summed E-state index contributed by atoms with van der Waals surface area (Å²) in [6.45, 7) is 5.09. The van der Waals surface area contributed by atoms with Crippen molar-refractivity contribution in [2.45, 2.75) is 57.0 Å². The van der Waals surface area contributed by atoms with Crippen LogP contribution in [0.4, 0.5) is 0 Å². The Bertz CT molecular complexity index is 407. The minimum absolute atomic E-state index is 0.00305. The number of ether oxygens (including phenoxy) is 1. The maximum atomic E-state index is 5.73. The number of aromatic nitrogens is 2. The molecule has 0 aromatic carbocycles. The third-order valence-electron chi connectivity index (χ3n) is 4.27. The van der Waals surface area contributed by atoms with Crippen LogP contribution in [-0.2, 0) is 16.6 Å². The lowest BCUT2D eigenvalue weighted by Crippen LogP contribution is -2.41. The Morgan fingerprint density at radius 1 is 1.37 bits per heavy atom. The molecule has 1 aromatic heterocycles. The zero-order valence-electron chi connectivity index (χ0n) is 11.7. The summed E-state index contributed by atoms with van der Waals surface area (Å²) in [5.74, 6) is 1.58. The summed E-state index contributed by atoms with van der Waals surface area (Å²) >= 11 is 0. The van der Waals surface area contributed by atoms with E-state index in [2.05, 4.69) is 22.4 Å². The van der Waals surface area contributed by atoms with Crippen LogP contribution in [0.5, 0.6) is 0 Å². The summed E-state index contributed by atoms with van der Waals surface area (Å²) in [6.07, 6.45) is 6.88. The first kappa shape index (κ1) is 13.1. The van der Waals surface area contributed by atoms with Gasteiger partial charge in [0.25, 0.3) is 0 Å². The van der Waals surface area contributed by atoms with Crippen molar-refractivity contribution in [1.82, 2.24) is 15.5 Å². The smallest absolute Gasteiger partial charge is 0.233 e. The quantitative estimate of drug-likeness (QED) is 0.903. The fraction of sp³-hybridized carbons (Fsp3) is 0.857. The molecule has 2 aliphatic heterocycles. The van der Waals surface area contributed by atoms with E-state index in [0.717, 1.165) is 50.7 Å². The molecule has 0 bridgehead atoms. The molecule has 3 rings (SSSR count). The lowest BCUT2D eigenvalue weighted by atomic mass is 9.83. The van der Waals surface area contributed by atoms with Crippen LogP contribution in [0, 0.1) is 0 Å². The maximum absolute atomic E-state index is 5.73. The molecule has 0 radical (unpaired) electrons. The summed E-state index contributed by atoms with van der Waals surface area (Å²) in [4.78, 5) is 4.60. The molecule has 5 heteroatoms. The highest BCUT2D eigenvalue weighted by Gasteiger charge is 2.34. The van der Waals surface area contributed by atoms with Gasteiger partial charge < -0.3 is 14.6 Å². The van der Waals surface area contributed by atoms with Crippen molar-refractivity contribution in [3.8, 4) is 0 Å². The zero-order valence-corrected chi connectivity index (χ0v) is 11.7. The first-order chi connectivity index (χ1) is 9.26. The van der Waals surface area contributed by atoms with Gasteiger partial charge in [-0.25, -0.2) is 0 Å². The number of hydrogen-bond acceptors (Lipinski definition) is 5. The van der Waals surface area contributed by atoms with E-state index in [-0.39, 0.29) is 11.5 Å². The molecule has 2 unspecified atom stereocenters. The van der Waals surface area contributed by atoms with Crippen LogP contribution in [-0.4, -0.2) is 35.9 Å². The number of piperidine rings is 1. The van der Waals surface area contributed by atoms with Gasteiger partial charge in [-0.3, -0.25) is 0 Å². The predicted octanol–water partition coefficient (Wildman–Crippen LogP) is 1.82. The minimum atomic E-state index is -0.00305. The summed E-state index contributed by atoms with van der Waals surface area (Å²) in [5.41, 5.74) is -0.00305. The van der Waals surface area contributed by atoms with E-state index in [9.17, 15) is 0 Å². The van der Waals surface area contributed by atoms with Gasteiger partial charge in [0.1, 0.15) is 0 Å². The van der Waals surface area contributed by atoms with Gasteiger partial charge in [0.15, 0.2) is 5.82 Å². The van der Waals surface area contributed by atoms with Gasteiger partial charge in [0, 0.05) is 19.6 Å². The highest BCUT2D eigenvalue weighted by molar-refractivity contribution is 5.06. The van der Waals surface area contributed by atoms with Crippen LogP contribution in [0.2, 0.25) is 0 Å². The molecule has 1 aromatic rings. The van der Waals surface area contributed by atoms with Crippen molar-refractivity contribution < 1.29 is 9.26 Å². The van der Waals surface area contributed by atoms with Crippen LogP contribution >= 0.6 is 0 Å². The molecule has 2 saturated heterocycles. The Morgan fingerprint density at radius 3 is 3.05 bits per heavy atom. The fourth-order valence-electron chi connectivity index (χ4n) is 2.99. The third kappa shape index (κ3) is 2.98. The largest absolute Gasteiger partial charge is 0.378 e. The molecule has 0 aliphatic carbocycles. The number of rotatable bonds is 3. The van der Waals surface area contributed by atoms with E-state index in [4.69, 9.17) is 9.26 Å². The van der Waals surface area contributed by atoms with E-state index in [1.807, 2.05) is 0 Å². The van der Waals surface area contributed by atoms with Crippen LogP contribution < -0.4 is 5.32 Å². The van der Waals surface area contributed by atoms with Gasteiger partial charge in [-0.05, 0) is 45.6 Å². The van der Waals surface area contributed by atoms with E-state index >= 15 is 0 Å². The molecule has 5 nitrogen and oxygen atoms in total. The van der Waals surface area contributed by atoms with Crippen molar-refractivity contribution >= 4 is 0 Å². The molecular weight excluding hydrogens is 242 g/mol. The van der Waals surface area contributed by atoms with Crippen LogP contribution in [0.1, 0.15) is 50.7 Å². The molecule has 106 valence electrons. The molecule has 2 atom stereocenters. The lowest BCUT2D eigenvalue weighted by Gasteiger charge is -2.30. The summed E-state index contributed by atoms with van der Waals surface area (Å²) in [5, 5.41) is 7.55. The average Bonchev–Trinajstić information content (AvgIpc) is 2.90. The Balaban J connectivity index is 1.65. The second-order valence-corrected chi connectivity index (χ2v) is 6.05. The van der Waals surface area contributed by atoms with Crippen molar-refractivity contribution in [2.75, 3.05) is 19.7 Å². The molecule has 1 N–H and O–H groups in total. The van der Waals surface area contributed by atoms with Gasteiger partial charge in [0.2, 0.25) is 5.89 Å². The molecular formula is C14H23N3O2. The number of hydrogen-bond donors (Lipinski definition) is 1. The van der Waals surface area contributed by atoms with Crippen LogP contribution in [0.3, 0.4) is 0 Å². The first-order valence-electron chi connectivity index (χ1n) is 7.42. The Kier molecular flexibility index (Phi) is 3.84. The monoisotopic (exact) mass is 265 g/mol. The highest BCUT2D eigenvalue weighted by Crippen LogP contribution is 2.29. The summed E-state index contributed by atoms with van der Waals surface area (Å²) in [6, 6.07) is 0. The van der Waals surface area contributed by atoms with Gasteiger partial charge in [-0.1, -0.05) is 5.16 Å². The number of nitrogens with zero attached hydrogens (tertiary/aromatic N) is 2. The fourth-order valence-corrected chi connectivity index (χ4v) is 2.99. The third-order valence-corrected chi connectivity index (χ3v) is 4.27. The summed E-state index contributed by atoms with van der Waals surface area (Å²) in [7, 11) is 0. The van der Waals surface area contributed by atoms with E-state index in [1.54, 1.807) is 0 Å². The van der Waals surface area contributed by atoms with E-state index < -0.39 is 0 Å². The van der Waals surface area contributed by atoms with Gasteiger partial charge in [-0.2, -0.15) is 4.98 Å². The minimum Gasteiger partial charge on any atom is -0.378 e. The second-order valence-electron chi connectivity index (χ2n) is 6.05. The zero-order chi connectivity index (χ0) is 13.1.